The Morgan fingerprint density at radius 2 is 1.71 bits per heavy atom. The molecule has 0 aromatic heterocycles. The van der Waals surface area contributed by atoms with Gasteiger partial charge in [-0.1, -0.05) is 42.5 Å². The molecule has 3 rings (SSSR count). The molecular formula is C19H18N2O3. The SMILES string of the molecule is CCOc1cc(C(=O)NNc2ccccc2)c(O)c2ccccc12. The summed E-state index contributed by atoms with van der Waals surface area (Å²) < 4.78 is 5.62. The summed E-state index contributed by atoms with van der Waals surface area (Å²) in [5.74, 6) is 0.0558. The second-order valence-corrected chi connectivity index (χ2v) is 5.19. The van der Waals surface area contributed by atoms with E-state index in [1.165, 1.54) is 0 Å². The summed E-state index contributed by atoms with van der Waals surface area (Å²) in [5, 5.41) is 11.8. The molecule has 1 amide bonds. The number of aromatic hydroxyl groups is 1. The highest BCUT2D eigenvalue weighted by molar-refractivity contribution is 6.06. The minimum atomic E-state index is -0.442. The normalized spacial score (nSPS) is 10.4. The highest BCUT2D eigenvalue weighted by Crippen LogP contribution is 2.35. The van der Waals surface area contributed by atoms with Crippen LogP contribution in [0.25, 0.3) is 10.8 Å². The van der Waals surface area contributed by atoms with Crippen LogP contribution in [0, 0.1) is 0 Å². The van der Waals surface area contributed by atoms with E-state index in [1.807, 2.05) is 55.5 Å². The van der Waals surface area contributed by atoms with Crippen molar-refractivity contribution < 1.29 is 14.6 Å². The molecule has 24 heavy (non-hydrogen) atoms. The van der Waals surface area contributed by atoms with E-state index >= 15 is 0 Å². The molecule has 0 aliphatic rings. The summed E-state index contributed by atoms with van der Waals surface area (Å²) in [4.78, 5) is 12.4. The first kappa shape index (κ1) is 15.7. The first-order valence-electron chi connectivity index (χ1n) is 7.69. The van der Waals surface area contributed by atoms with Crippen molar-refractivity contribution in [2.75, 3.05) is 12.0 Å². The van der Waals surface area contributed by atoms with Gasteiger partial charge in [-0.25, -0.2) is 0 Å². The van der Waals surface area contributed by atoms with E-state index in [2.05, 4.69) is 10.9 Å². The lowest BCUT2D eigenvalue weighted by atomic mass is 10.0. The van der Waals surface area contributed by atoms with Gasteiger partial charge in [0.2, 0.25) is 0 Å². The molecule has 5 nitrogen and oxygen atoms in total. The Bertz CT molecular complexity index is 863. The molecule has 0 spiro atoms. The summed E-state index contributed by atoms with van der Waals surface area (Å²) in [6.45, 7) is 2.34. The van der Waals surface area contributed by atoms with Gasteiger partial charge in [0.15, 0.2) is 0 Å². The Morgan fingerprint density at radius 3 is 2.42 bits per heavy atom. The van der Waals surface area contributed by atoms with Crippen LogP contribution in [0.5, 0.6) is 11.5 Å². The molecule has 0 heterocycles. The van der Waals surface area contributed by atoms with Crippen molar-refractivity contribution in [3.63, 3.8) is 0 Å². The minimum absolute atomic E-state index is 0.0681. The predicted molar refractivity (Wildman–Crippen MR) is 94.3 cm³/mol. The zero-order valence-electron chi connectivity index (χ0n) is 13.2. The Labute approximate surface area is 139 Å². The number of fused-ring (bicyclic) bond motifs is 1. The highest BCUT2D eigenvalue weighted by Gasteiger charge is 2.17. The maximum absolute atomic E-state index is 12.4. The number of para-hydroxylation sites is 1. The molecule has 0 atom stereocenters. The van der Waals surface area contributed by atoms with Gasteiger partial charge in [-0.3, -0.25) is 15.6 Å². The smallest absolute Gasteiger partial charge is 0.273 e. The fourth-order valence-corrected chi connectivity index (χ4v) is 2.49. The lowest BCUT2D eigenvalue weighted by molar-refractivity contribution is 0.0960. The van der Waals surface area contributed by atoms with Gasteiger partial charge >= 0.3 is 0 Å². The van der Waals surface area contributed by atoms with Crippen molar-refractivity contribution in [3.8, 4) is 11.5 Å². The second kappa shape index (κ2) is 6.91. The van der Waals surface area contributed by atoms with Gasteiger partial charge < -0.3 is 9.84 Å². The number of anilines is 1. The number of nitrogens with one attached hydrogen (secondary N) is 2. The van der Waals surface area contributed by atoms with Gasteiger partial charge in [-0.15, -0.1) is 0 Å². The molecule has 122 valence electrons. The van der Waals surface area contributed by atoms with Gasteiger partial charge in [0.05, 0.1) is 17.9 Å². The van der Waals surface area contributed by atoms with Gasteiger partial charge in [-0.2, -0.15) is 0 Å². The molecule has 0 fully saturated rings. The minimum Gasteiger partial charge on any atom is -0.506 e. The number of benzene rings is 3. The van der Waals surface area contributed by atoms with Gasteiger partial charge in [-0.05, 0) is 25.1 Å². The number of amides is 1. The molecule has 0 bridgehead atoms. The summed E-state index contributed by atoms with van der Waals surface area (Å²) in [6, 6.07) is 18.1. The average Bonchev–Trinajstić information content (AvgIpc) is 2.63. The first-order valence-corrected chi connectivity index (χ1v) is 7.69. The molecule has 5 heteroatoms. The maximum Gasteiger partial charge on any atom is 0.273 e. The van der Waals surface area contributed by atoms with Gasteiger partial charge in [0.1, 0.15) is 11.5 Å². The summed E-state index contributed by atoms with van der Waals surface area (Å²) in [7, 11) is 0. The molecule has 0 saturated carbocycles. The van der Waals surface area contributed by atoms with E-state index in [0.717, 1.165) is 11.1 Å². The van der Waals surface area contributed by atoms with Crippen LogP contribution in [0.3, 0.4) is 0 Å². The van der Waals surface area contributed by atoms with Crippen LogP contribution in [-0.2, 0) is 0 Å². The molecule has 3 N–H and O–H groups in total. The van der Waals surface area contributed by atoms with E-state index in [-0.39, 0.29) is 11.3 Å². The number of ether oxygens (including phenoxy) is 1. The number of hydrazine groups is 1. The molecule has 0 saturated heterocycles. The molecule has 0 radical (unpaired) electrons. The van der Waals surface area contributed by atoms with Crippen molar-refractivity contribution >= 4 is 22.4 Å². The van der Waals surface area contributed by atoms with Crippen molar-refractivity contribution in [3.05, 3.63) is 66.2 Å². The average molecular weight is 322 g/mol. The van der Waals surface area contributed by atoms with Crippen molar-refractivity contribution in [1.29, 1.82) is 0 Å². The monoisotopic (exact) mass is 322 g/mol. The zero-order chi connectivity index (χ0) is 16.9. The zero-order valence-corrected chi connectivity index (χ0v) is 13.2. The number of carbonyl (C=O) groups is 1. The summed E-state index contributed by atoms with van der Waals surface area (Å²) in [6.07, 6.45) is 0. The van der Waals surface area contributed by atoms with E-state index in [9.17, 15) is 9.90 Å². The van der Waals surface area contributed by atoms with Crippen molar-refractivity contribution in [2.24, 2.45) is 0 Å². The molecule has 3 aromatic rings. The van der Waals surface area contributed by atoms with E-state index < -0.39 is 5.91 Å². The quantitative estimate of drug-likeness (QED) is 0.626. The fraction of sp³-hybridized carbons (Fsp3) is 0.105. The first-order chi connectivity index (χ1) is 11.7. The lowest BCUT2D eigenvalue weighted by Gasteiger charge is -2.14. The Morgan fingerprint density at radius 1 is 1.04 bits per heavy atom. The molecule has 3 aromatic carbocycles. The topological polar surface area (TPSA) is 70.6 Å². The van der Waals surface area contributed by atoms with Crippen LogP contribution in [0.15, 0.2) is 60.7 Å². The van der Waals surface area contributed by atoms with Crippen LogP contribution >= 0.6 is 0 Å². The van der Waals surface area contributed by atoms with Crippen LogP contribution in [0.4, 0.5) is 5.69 Å². The molecule has 0 aliphatic carbocycles. The molecule has 0 unspecified atom stereocenters. The third-order valence-corrected chi connectivity index (χ3v) is 3.62. The third kappa shape index (κ3) is 3.10. The second-order valence-electron chi connectivity index (χ2n) is 5.19. The highest BCUT2D eigenvalue weighted by atomic mass is 16.5. The Kier molecular flexibility index (Phi) is 4.52. The fourth-order valence-electron chi connectivity index (χ4n) is 2.49. The van der Waals surface area contributed by atoms with Crippen molar-refractivity contribution in [2.45, 2.75) is 6.92 Å². The van der Waals surface area contributed by atoms with Gasteiger partial charge in [0, 0.05) is 10.8 Å². The summed E-state index contributed by atoms with van der Waals surface area (Å²) >= 11 is 0. The number of phenols is 1. The summed E-state index contributed by atoms with van der Waals surface area (Å²) in [5.41, 5.74) is 6.30. The van der Waals surface area contributed by atoms with Crippen LogP contribution in [0.2, 0.25) is 0 Å². The van der Waals surface area contributed by atoms with E-state index in [0.29, 0.717) is 17.7 Å². The van der Waals surface area contributed by atoms with Crippen LogP contribution < -0.4 is 15.6 Å². The number of phenolic OH excluding ortho intramolecular Hbond substituents is 1. The largest absolute Gasteiger partial charge is 0.506 e. The van der Waals surface area contributed by atoms with E-state index in [4.69, 9.17) is 4.74 Å². The Hall–Kier alpha value is -3.21. The van der Waals surface area contributed by atoms with Crippen molar-refractivity contribution in [1.82, 2.24) is 5.43 Å². The molecule has 0 aliphatic heterocycles. The van der Waals surface area contributed by atoms with E-state index in [1.54, 1.807) is 12.1 Å². The van der Waals surface area contributed by atoms with Crippen LogP contribution in [-0.4, -0.2) is 17.6 Å². The number of hydrogen-bond acceptors (Lipinski definition) is 4. The maximum atomic E-state index is 12.4. The van der Waals surface area contributed by atoms with Gasteiger partial charge in [0.25, 0.3) is 5.91 Å². The predicted octanol–water partition coefficient (Wildman–Crippen LogP) is 3.70. The molecular weight excluding hydrogens is 304 g/mol. The van der Waals surface area contributed by atoms with Crippen LogP contribution in [0.1, 0.15) is 17.3 Å². The number of carbonyl (C=O) groups excluding carboxylic acids is 1. The number of rotatable bonds is 5. The third-order valence-electron chi connectivity index (χ3n) is 3.62. The lowest BCUT2D eigenvalue weighted by Crippen LogP contribution is -2.29. The Balaban J connectivity index is 1.93. The standard InChI is InChI=1S/C19H18N2O3/c1-2-24-17-12-16(18(22)15-11-7-6-10-14(15)17)19(23)21-20-13-8-4-3-5-9-13/h3-12,20,22H,2H2,1H3,(H,21,23). The number of hydrogen-bond donors (Lipinski definition) is 3.